The SMILES string of the molecule is C[C@]12CCC3C(C1[C@@H]1C[C@@H]1C2=O)[C@H]1C[C@H]1[C@]1(O)C[C@@H](O)CC[C@]31C. The lowest BCUT2D eigenvalue weighted by Crippen LogP contribution is -2.64. The van der Waals surface area contributed by atoms with Crippen molar-refractivity contribution in [1.82, 2.24) is 0 Å². The van der Waals surface area contributed by atoms with Crippen LogP contribution in [0.25, 0.3) is 0 Å². The minimum atomic E-state index is -0.657. The van der Waals surface area contributed by atoms with Gasteiger partial charge in [0.2, 0.25) is 0 Å². The van der Waals surface area contributed by atoms with Crippen LogP contribution in [0, 0.1) is 52.3 Å². The predicted molar refractivity (Wildman–Crippen MR) is 88.9 cm³/mol. The Kier molecular flexibility index (Phi) is 2.43. The number of rotatable bonds is 0. The largest absolute Gasteiger partial charge is 0.393 e. The van der Waals surface area contributed by atoms with Crippen molar-refractivity contribution >= 4 is 5.78 Å². The molecule has 6 aliphatic carbocycles. The van der Waals surface area contributed by atoms with Crippen molar-refractivity contribution in [3.8, 4) is 0 Å². The fraction of sp³-hybridized carbons (Fsp3) is 0.952. The molecule has 2 N–H and O–H groups in total. The van der Waals surface area contributed by atoms with Crippen LogP contribution >= 0.6 is 0 Å². The average Bonchev–Trinajstić information content (AvgIpc) is 3.41. The van der Waals surface area contributed by atoms with Crippen molar-refractivity contribution in [3.05, 3.63) is 0 Å². The summed E-state index contributed by atoms with van der Waals surface area (Å²) >= 11 is 0. The van der Waals surface area contributed by atoms with Gasteiger partial charge < -0.3 is 10.2 Å². The summed E-state index contributed by atoms with van der Waals surface area (Å²) < 4.78 is 0. The fourth-order valence-electron chi connectivity index (χ4n) is 8.83. The smallest absolute Gasteiger partial charge is 0.142 e. The molecule has 0 radical (unpaired) electrons. The van der Waals surface area contributed by atoms with Gasteiger partial charge in [-0.15, -0.1) is 0 Å². The second-order valence-corrected chi connectivity index (χ2v) is 10.8. The summed E-state index contributed by atoms with van der Waals surface area (Å²) in [5.41, 5.74) is -0.760. The Balaban J connectivity index is 1.45. The molecule has 0 spiro atoms. The molecule has 3 nitrogen and oxygen atoms in total. The zero-order chi connectivity index (χ0) is 16.6. The van der Waals surface area contributed by atoms with Gasteiger partial charge >= 0.3 is 0 Å². The maximum absolute atomic E-state index is 12.9. The first kappa shape index (κ1) is 14.7. The van der Waals surface area contributed by atoms with Gasteiger partial charge in [0.25, 0.3) is 0 Å². The summed E-state index contributed by atoms with van der Waals surface area (Å²) in [6.07, 6.45) is 6.50. The monoisotopic (exact) mass is 330 g/mol. The van der Waals surface area contributed by atoms with Gasteiger partial charge in [-0.25, -0.2) is 0 Å². The maximum atomic E-state index is 12.9. The number of hydrogen-bond donors (Lipinski definition) is 2. The number of fused-ring (bicyclic) bond motifs is 10. The van der Waals surface area contributed by atoms with E-state index in [1.807, 2.05) is 0 Å². The molecule has 0 amide bonds. The Morgan fingerprint density at radius 2 is 1.83 bits per heavy atom. The number of Topliss-reactive ketones (excluding diaryl/α,β-unsaturated/α-hetero) is 1. The topological polar surface area (TPSA) is 57.5 Å². The molecule has 3 heteroatoms. The number of hydrogen-bond acceptors (Lipinski definition) is 3. The van der Waals surface area contributed by atoms with Crippen LogP contribution < -0.4 is 0 Å². The van der Waals surface area contributed by atoms with E-state index in [0.717, 1.165) is 38.5 Å². The maximum Gasteiger partial charge on any atom is 0.142 e. The lowest BCUT2D eigenvalue weighted by molar-refractivity contribution is -0.225. The third kappa shape index (κ3) is 1.37. The van der Waals surface area contributed by atoms with Crippen molar-refractivity contribution in [1.29, 1.82) is 0 Å². The first-order chi connectivity index (χ1) is 11.3. The molecule has 0 aliphatic heterocycles. The summed E-state index contributed by atoms with van der Waals surface area (Å²) in [5, 5.41) is 21.9. The summed E-state index contributed by atoms with van der Waals surface area (Å²) in [6, 6.07) is 0. The second kappa shape index (κ2) is 3.96. The van der Waals surface area contributed by atoms with Crippen LogP contribution in [0.4, 0.5) is 0 Å². The standard InChI is InChI=1S/C21H30O3/c1-19-5-4-14-16(17(19)11-7-12(11)18(19)23)13-8-15(13)21(24)9-10(22)3-6-20(14,21)2/h10-17,22,24H,3-9H2,1-2H3/t10-,11+,12-,13-,14?,15+,16?,17?,19-,20+,21+/m0/s1. The third-order valence-corrected chi connectivity index (χ3v) is 10.1. The lowest BCUT2D eigenvalue weighted by atomic mass is 9.43. The van der Waals surface area contributed by atoms with Gasteiger partial charge in [-0.2, -0.15) is 0 Å². The van der Waals surface area contributed by atoms with E-state index in [2.05, 4.69) is 13.8 Å². The summed E-state index contributed by atoms with van der Waals surface area (Å²) in [5.74, 6) is 4.46. The van der Waals surface area contributed by atoms with Crippen molar-refractivity contribution in [3.63, 3.8) is 0 Å². The van der Waals surface area contributed by atoms with Gasteiger partial charge in [-0.3, -0.25) is 4.79 Å². The molecule has 6 aliphatic rings. The number of aliphatic hydroxyl groups excluding tert-OH is 1. The predicted octanol–water partition coefficient (Wildman–Crippen LogP) is 2.79. The van der Waals surface area contributed by atoms with Crippen LogP contribution in [0.1, 0.15) is 58.8 Å². The number of carbonyl (C=O) groups excluding carboxylic acids is 1. The van der Waals surface area contributed by atoms with Crippen LogP contribution in [0.15, 0.2) is 0 Å². The highest BCUT2D eigenvalue weighted by molar-refractivity contribution is 5.92. The molecule has 0 saturated heterocycles. The van der Waals surface area contributed by atoms with E-state index in [4.69, 9.17) is 0 Å². The summed E-state index contributed by atoms with van der Waals surface area (Å²) in [6.45, 7) is 4.60. The minimum Gasteiger partial charge on any atom is -0.393 e. The van der Waals surface area contributed by atoms with Gasteiger partial charge in [0.05, 0.1) is 11.7 Å². The fourth-order valence-corrected chi connectivity index (χ4v) is 8.83. The molecule has 6 rings (SSSR count). The Morgan fingerprint density at radius 1 is 1.04 bits per heavy atom. The van der Waals surface area contributed by atoms with Gasteiger partial charge in [-0.1, -0.05) is 13.8 Å². The van der Waals surface area contributed by atoms with Gasteiger partial charge in [0.15, 0.2) is 0 Å². The van der Waals surface area contributed by atoms with E-state index in [1.54, 1.807) is 0 Å². The molecule has 3 unspecified atom stereocenters. The molecule has 6 fully saturated rings. The van der Waals surface area contributed by atoms with Gasteiger partial charge in [0.1, 0.15) is 5.78 Å². The molecular formula is C21H30O3. The van der Waals surface area contributed by atoms with Gasteiger partial charge in [0, 0.05) is 17.8 Å². The van der Waals surface area contributed by atoms with E-state index in [1.165, 1.54) is 0 Å². The van der Waals surface area contributed by atoms with Crippen LogP contribution in [-0.4, -0.2) is 27.7 Å². The second-order valence-electron chi connectivity index (χ2n) is 10.8. The van der Waals surface area contributed by atoms with Crippen molar-refractivity contribution < 1.29 is 15.0 Å². The first-order valence-corrected chi connectivity index (χ1v) is 10.3. The van der Waals surface area contributed by atoms with Crippen LogP contribution in [0.3, 0.4) is 0 Å². The molecule has 24 heavy (non-hydrogen) atoms. The Morgan fingerprint density at radius 3 is 2.62 bits per heavy atom. The number of carbonyl (C=O) groups is 1. The van der Waals surface area contributed by atoms with Crippen molar-refractivity contribution in [2.24, 2.45) is 52.3 Å². The highest BCUT2D eigenvalue weighted by Crippen LogP contribution is 2.78. The number of ketones is 1. The quantitative estimate of drug-likeness (QED) is 0.718. The van der Waals surface area contributed by atoms with E-state index < -0.39 is 5.60 Å². The molecule has 11 atom stereocenters. The summed E-state index contributed by atoms with van der Waals surface area (Å²) in [4.78, 5) is 12.9. The van der Waals surface area contributed by atoms with E-state index >= 15 is 0 Å². The van der Waals surface area contributed by atoms with Crippen LogP contribution in [0.2, 0.25) is 0 Å². The molecule has 0 aromatic rings. The number of aliphatic hydroxyl groups is 2. The van der Waals surface area contributed by atoms with Crippen LogP contribution in [-0.2, 0) is 4.79 Å². The van der Waals surface area contributed by atoms with E-state index in [-0.39, 0.29) is 16.9 Å². The molecule has 0 aromatic heterocycles. The van der Waals surface area contributed by atoms with E-state index in [0.29, 0.717) is 53.6 Å². The van der Waals surface area contributed by atoms with E-state index in [9.17, 15) is 15.0 Å². The molecule has 132 valence electrons. The average molecular weight is 330 g/mol. The molecule has 0 bridgehead atoms. The molecule has 0 heterocycles. The van der Waals surface area contributed by atoms with Crippen molar-refractivity contribution in [2.45, 2.75) is 70.5 Å². The normalized spacial score (nSPS) is 69.1. The highest BCUT2D eigenvalue weighted by atomic mass is 16.3. The zero-order valence-electron chi connectivity index (χ0n) is 14.9. The highest BCUT2D eigenvalue weighted by Gasteiger charge is 2.78. The minimum absolute atomic E-state index is 0.0497. The Labute approximate surface area is 144 Å². The first-order valence-electron chi connectivity index (χ1n) is 10.3. The molecule has 6 saturated carbocycles. The zero-order valence-corrected chi connectivity index (χ0v) is 14.9. The van der Waals surface area contributed by atoms with Gasteiger partial charge in [-0.05, 0) is 79.4 Å². The summed E-state index contributed by atoms with van der Waals surface area (Å²) in [7, 11) is 0. The Hall–Kier alpha value is -0.410. The third-order valence-electron chi connectivity index (χ3n) is 10.1. The molecular weight excluding hydrogens is 300 g/mol. The molecule has 0 aromatic carbocycles. The van der Waals surface area contributed by atoms with Crippen molar-refractivity contribution in [2.75, 3.05) is 0 Å². The lowest BCUT2D eigenvalue weighted by Gasteiger charge is -2.63. The Bertz CT molecular complexity index is 645. The van der Waals surface area contributed by atoms with Crippen LogP contribution in [0.5, 0.6) is 0 Å².